The maximum absolute atomic E-state index is 9.25. The van der Waals surface area contributed by atoms with Crippen LogP contribution in [0, 0.1) is 0 Å². The first-order chi connectivity index (χ1) is 8.20. The average molecular weight is 249 g/mol. The van der Waals surface area contributed by atoms with Gasteiger partial charge in [0.05, 0.1) is 6.04 Å². The highest BCUT2D eigenvalue weighted by atomic mass is 35.5. The Bertz CT molecular complexity index is 436. The quantitative estimate of drug-likeness (QED) is 0.578. The van der Waals surface area contributed by atoms with Crippen LogP contribution in [-0.4, -0.2) is 5.11 Å². The van der Waals surface area contributed by atoms with Gasteiger partial charge in [0.2, 0.25) is 0 Å². The second-order valence-corrected chi connectivity index (χ2v) is 4.18. The maximum atomic E-state index is 9.25. The van der Waals surface area contributed by atoms with Crippen LogP contribution in [0.3, 0.4) is 0 Å². The summed E-state index contributed by atoms with van der Waals surface area (Å²) in [6.45, 7) is 0. The number of phenols is 1. The molecule has 0 radical (unpaired) electrons. The number of aromatic hydroxyl groups is 1. The predicted octanol–water partition coefficient (Wildman–Crippen LogP) is 2.60. The lowest BCUT2D eigenvalue weighted by Crippen LogP contribution is -2.28. The van der Waals surface area contributed by atoms with Crippen molar-refractivity contribution in [2.24, 2.45) is 5.84 Å². The normalized spacial score (nSPS) is 12.4. The summed E-state index contributed by atoms with van der Waals surface area (Å²) in [5.41, 5.74) is 4.74. The largest absolute Gasteiger partial charge is 0.508 e. The van der Waals surface area contributed by atoms with E-state index < -0.39 is 0 Å². The zero-order valence-corrected chi connectivity index (χ0v) is 9.85. The first-order valence-electron chi connectivity index (χ1n) is 5.21. The molecule has 0 fully saturated rings. The molecule has 0 spiro atoms. The Morgan fingerprint density at radius 1 is 0.941 bits per heavy atom. The SMILES string of the molecule is NN[C@H](c1ccc(O)cc1)c1ccc(Cl)cc1. The molecule has 0 aliphatic rings. The summed E-state index contributed by atoms with van der Waals surface area (Å²) in [5.74, 6) is 5.80. The van der Waals surface area contributed by atoms with Crippen molar-refractivity contribution in [3.8, 4) is 5.75 Å². The van der Waals surface area contributed by atoms with Crippen molar-refractivity contribution in [3.05, 3.63) is 64.7 Å². The summed E-state index contributed by atoms with van der Waals surface area (Å²) < 4.78 is 0. The van der Waals surface area contributed by atoms with Gasteiger partial charge in [-0.15, -0.1) is 0 Å². The highest BCUT2D eigenvalue weighted by molar-refractivity contribution is 6.30. The van der Waals surface area contributed by atoms with Crippen LogP contribution in [0.25, 0.3) is 0 Å². The first-order valence-corrected chi connectivity index (χ1v) is 5.59. The van der Waals surface area contributed by atoms with Crippen LogP contribution in [0.15, 0.2) is 48.5 Å². The minimum Gasteiger partial charge on any atom is -0.508 e. The molecule has 0 heterocycles. The number of halogens is 1. The fraction of sp³-hybridized carbons (Fsp3) is 0.0769. The van der Waals surface area contributed by atoms with Crippen molar-refractivity contribution in [2.75, 3.05) is 0 Å². The van der Waals surface area contributed by atoms with Crippen molar-refractivity contribution in [1.29, 1.82) is 0 Å². The monoisotopic (exact) mass is 248 g/mol. The van der Waals surface area contributed by atoms with Crippen LogP contribution in [0.5, 0.6) is 5.75 Å². The molecule has 0 bridgehead atoms. The van der Waals surface area contributed by atoms with Crippen molar-refractivity contribution in [1.82, 2.24) is 5.43 Å². The second kappa shape index (κ2) is 5.19. The van der Waals surface area contributed by atoms with Crippen LogP contribution >= 0.6 is 11.6 Å². The third-order valence-corrected chi connectivity index (χ3v) is 2.85. The summed E-state index contributed by atoms with van der Waals surface area (Å²) in [6, 6.07) is 14.3. The molecule has 88 valence electrons. The molecular weight excluding hydrogens is 236 g/mol. The summed E-state index contributed by atoms with van der Waals surface area (Å²) in [5, 5.41) is 9.94. The zero-order valence-electron chi connectivity index (χ0n) is 9.10. The molecule has 3 nitrogen and oxygen atoms in total. The van der Waals surface area contributed by atoms with Crippen molar-refractivity contribution in [3.63, 3.8) is 0 Å². The molecule has 0 saturated heterocycles. The van der Waals surface area contributed by atoms with Crippen LogP contribution in [-0.2, 0) is 0 Å². The number of hydrogen-bond donors (Lipinski definition) is 3. The molecule has 0 aliphatic carbocycles. The zero-order chi connectivity index (χ0) is 12.3. The minimum absolute atomic E-state index is 0.118. The second-order valence-electron chi connectivity index (χ2n) is 3.74. The van der Waals surface area contributed by atoms with E-state index >= 15 is 0 Å². The first kappa shape index (κ1) is 11.9. The Morgan fingerprint density at radius 3 is 1.88 bits per heavy atom. The molecule has 4 N–H and O–H groups in total. The van der Waals surface area contributed by atoms with Crippen molar-refractivity contribution in [2.45, 2.75) is 6.04 Å². The predicted molar refractivity (Wildman–Crippen MR) is 68.7 cm³/mol. The number of nitrogens with two attached hydrogens (primary N) is 1. The number of hydrogen-bond acceptors (Lipinski definition) is 3. The Balaban J connectivity index is 2.33. The Kier molecular flexibility index (Phi) is 3.64. The van der Waals surface area contributed by atoms with Gasteiger partial charge in [-0.05, 0) is 35.4 Å². The van der Waals surface area contributed by atoms with Crippen molar-refractivity contribution >= 4 is 11.6 Å². The van der Waals surface area contributed by atoms with Gasteiger partial charge in [0, 0.05) is 5.02 Å². The van der Waals surface area contributed by atoms with E-state index in [0.717, 1.165) is 11.1 Å². The molecule has 0 saturated carbocycles. The maximum Gasteiger partial charge on any atom is 0.115 e. The Morgan fingerprint density at radius 2 is 1.41 bits per heavy atom. The molecule has 4 heteroatoms. The number of nitrogens with one attached hydrogen (secondary N) is 1. The number of rotatable bonds is 3. The van der Waals surface area contributed by atoms with Gasteiger partial charge >= 0.3 is 0 Å². The van der Waals surface area contributed by atoms with Crippen LogP contribution in [0.4, 0.5) is 0 Å². The fourth-order valence-electron chi connectivity index (χ4n) is 1.71. The molecule has 17 heavy (non-hydrogen) atoms. The Hall–Kier alpha value is -1.55. The van der Waals surface area contributed by atoms with Gasteiger partial charge in [0.15, 0.2) is 0 Å². The van der Waals surface area contributed by atoms with E-state index in [-0.39, 0.29) is 11.8 Å². The van der Waals surface area contributed by atoms with E-state index in [9.17, 15) is 5.11 Å². The van der Waals surface area contributed by atoms with Gasteiger partial charge in [-0.25, -0.2) is 5.43 Å². The minimum atomic E-state index is -0.118. The molecule has 0 aliphatic heterocycles. The smallest absolute Gasteiger partial charge is 0.115 e. The third kappa shape index (κ3) is 2.77. The van der Waals surface area contributed by atoms with Gasteiger partial charge in [0.25, 0.3) is 0 Å². The van der Waals surface area contributed by atoms with Crippen LogP contribution in [0.2, 0.25) is 5.02 Å². The van der Waals surface area contributed by atoms with Gasteiger partial charge in [0.1, 0.15) is 5.75 Å². The van der Waals surface area contributed by atoms with Gasteiger partial charge < -0.3 is 5.11 Å². The Labute approximate surface area is 105 Å². The molecule has 0 aromatic heterocycles. The van der Waals surface area contributed by atoms with Gasteiger partial charge in [-0.2, -0.15) is 0 Å². The van der Waals surface area contributed by atoms with E-state index in [1.54, 1.807) is 12.1 Å². The summed E-state index contributed by atoms with van der Waals surface area (Å²) in [6.07, 6.45) is 0. The summed E-state index contributed by atoms with van der Waals surface area (Å²) >= 11 is 5.84. The third-order valence-electron chi connectivity index (χ3n) is 2.60. The molecule has 2 aromatic carbocycles. The van der Waals surface area contributed by atoms with Gasteiger partial charge in [-0.3, -0.25) is 5.84 Å². The van der Waals surface area contributed by atoms with E-state index in [2.05, 4.69) is 5.43 Å². The molecule has 0 amide bonds. The molecule has 1 atom stereocenters. The number of phenolic OH excluding ortho intramolecular Hbond substituents is 1. The lowest BCUT2D eigenvalue weighted by Gasteiger charge is -2.17. The fourth-order valence-corrected chi connectivity index (χ4v) is 1.83. The highest BCUT2D eigenvalue weighted by Gasteiger charge is 2.11. The summed E-state index contributed by atoms with van der Waals surface area (Å²) in [7, 11) is 0. The standard InChI is InChI=1S/C13H13ClN2O/c14-11-5-1-9(2-6-11)13(16-15)10-3-7-12(17)8-4-10/h1-8,13,16-17H,15H2/t13-/m0/s1. The average Bonchev–Trinajstić information content (AvgIpc) is 2.35. The van der Waals surface area contributed by atoms with E-state index in [1.807, 2.05) is 36.4 Å². The highest BCUT2D eigenvalue weighted by Crippen LogP contribution is 2.24. The van der Waals surface area contributed by atoms with E-state index in [0.29, 0.717) is 5.02 Å². The van der Waals surface area contributed by atoms with Crippen molar-refractivity contribution < 1.29 is 5.11 Å². The van der Waals surface area contributed by atoms with E-state index in [4.69, 9.17) is 17.4 Å². The summed E-state index contributed by atoms with van der Waals surface area (Å²) in [4.78, 5) is 0. The number of benzene rings is 2. The molecular formula is C13H13ClN2O. The lowest BCUT2D eigenvalue weighted by atomic mass is 9.99. The molecule has 2 rings (SSSR count). The molecule has 0 unspecified atom stereocenters. The van der Waals surface area contributed by atoms with Gasteiger partial charge in [-0.1, -0.05) is 35.9 Å². The van der Waals surface area contributed by atoms with Crippen LogP contribution < -0.4 is 11.3 Å². The molecule has 2 aromatic rings. The lowest BCUT2D eigenvalue weighted by molar-refractivity contribution is 0.474. The topological polar surface area (TPSA) is 58.3 Å². The van der Waals surface area contributed by atoms with E-state index in [1.165, 1.54) is 0 Å². The van der Waals surface area contributed by atoms with Crippen LogP contribution in [0.1, 0.15) is 17.2 Å². The number of hydrazine groups is 1.